The first-order valence-electron chi connectivity index (χ1n) is 6.18. The molecular formula is C14H20OSi. The standard InChI is InChI=1S/C14H20OSi/c1-16(2,13-6-4-3-5-7-13)14-10-8-12(15)9-11-14/h3-7,14H,8-11H2,1-2H3. The Kier molecular flexibility index (Phi) is 3.29. The number of hydrogen-bond acceptors (Lipinski definition) is 1. The van der Waals surface area contributed by atoms with Gasteiger partial charge in [-0.3, -0.25) is 4.79 Å². The first-order chi connectivity index (χ1) is 7.60. The van der Waals surface area contributed by atoms with Gasteiger partial charge in [-0.2, -0.15) is 0 Å². The van der Waals surface area contributed by atoms with Crippen molar-refractivity contribution in [3.05, 3.63) is 30.3 Å². The molecule has 1 fully saturated rings. The fourth-order valence-electron chi connectivity index (χ4n) is 2.76. The maximum absolute atomic E-state index is 11.3. The largest absolute Gasteiger partial charge is 0.300 e. The molecule has 1 saturated carbocycles. The van der Waals surface area contributed by atoms with E-state index in [1.165, 1.54) is 5.19 Å². The minimum Gasteiger partial charge on any atom is -0.300 e. The van der Waals surface area contributed by atoms with Crippen molar-refractivity contribution in [1.82, 2.24) is 0 Å². The van der Waals surface area contributed by atoms with Crippen molar-refractivity contribution in [2.45, 2.75) is 44.3 Å². The van der Waals surface area contributed by atoms with Crippen molar-refractivity contribution in [1.29, 1.82) is 0 Å². The molecule has 0 heterocycles. The zero-order chi connectivity index (χ0) is 11.6. The molecule has 86 valence electrons. The number of ketones is 1. The van der Waals surface area contributed by atoms with Gasteiger partial charge in [-0.1, -0.05) is 48.6 Å². The molecule has 0 saturated heterocycles. The van der Waals surface area contributed by atoms with Crippen LogP contribution in [0.2, 0.25) is 18.6 Å². The van der Waals surface area contributed by atoms with Crippen molar-refractivity contribution >= 4 is 19.0 Å². The van der Waals surface area contributed by atoms with Crippen LogP contribution in [0.25, 0.3) is 0 Å². The summed E-state index contributed by atoms with van der Waals surface area (Å²) in [6.45, 7) is 4.89. The lowest BCUT2D eigenvalue weighted by Crippen LogP contribution is -2.47. The van der Waals surface area contributed by atoms with Crippen molar-refractivity contribution in [2.75, 3.05) is 0 Å². The zero-order valence-corrected chi connectivity index (χ0v) is 11.2. The summed E-state index contributed by atoms with van der Waals surface area (Å²) in [4.78, 5) is 11.3. The molecule has 0 N–H and O–H groups in total. The van der Waals surface area contributed by atoms with Crippen LogP contribution in [0.3, 0.4) is 0 Å². The van der Waals surface area contributed by atoms with Gasteiger partial charge in [0.2, 0.25) is 0 Å². The molecule has 0 aliphatic heterocycles. The molecule has 0 spiro atoms. The van der Waals surface area contributed by atoms with Gasteiger partial charge in [0.05, 0.1) is 8.07 Å². The fraction of sp³-hybridized carbons (Fsp3) is 0.500. The van der Waals surface area contributed by atoms with E-state index in [0.29, 0.717) is 5.78 Å². The summed E-state index contributed by atoms with van der Waals surface area (Å²) >= 11 is 0. The minimum absolute atomic E-state index is 0.467. The van der Waals surface area contributed by atoms with E-state index in [-0.39, 0.29) is 0 Å². The molecule has 16 heavy (non-hydrogen) atoms. The summed E-state index contributed by atoms with van der Waals surface area (Å²) in [6, 6.07) is 10.9. The lowest BCUT2D eigenvalue weighted by molar-refractivity contribution is -0.120. The van der Waals surface area contributed by atoms with Gasteiger partial charge in [0.1, 0.15) is 5.78 Å². The Morgan fingerprint density at radius 1 is 1.06 bits per heavy atom. The molecular weight excluding hydrogens is 212 g/mol. The summed E-state index contributed by atoms with van der Waals surface area (Å²) in [6.07, 6.45) is 3.86. The number of benzene rings is 1. The van der Waals surface area contributed by atoms with Crippen molar-refractivity contribution < 1.29 is 4.79 Å². The zero-order valence-electron chi connectivity index (χ0n) is 10.2. The van der Waals surface area contributed by atoms with E-state index >= 15 is 0 Å². The first kappa shape index (κ1) is 11.6. The van der Waals surface area contributed by atoms with Crippen LogP contribution < -0.4 is 5.19 Å². The number of carbonyl (C=O) groups excluding carboxylic acids is 1. The lowest BCUT2D eigenvalue weighted by Gasteiger charge is -2.35. The van der Waals surface area contributed by atoms with Crippen LogP contribution in [0.1, 0.15) is 25.7 Å². The Hall–Kier alpha value is -0.893. The van der Waals surface area contributed by atoms with Gasteiger partial charge < -0.3 is 0 Å². The molecule has 1 aliphatic rings. The molecule has 0 amide bonds. The quantitative estimate of drug-likeness (QED) is 0.716. The van der Waals surface area contributed by atoms with E-state index in [0.717, 1.165) is 31.2 Å². The van der Waals surface area contributed by atoms with Crippen LogP contribution >= 0.6 is 0 Å². The third-order valence-corrected chi connectivity index (χ3v) is 8.52. The van der Waals surface area contributed by atoms with Crippen molar-refractivity contribution in [3.8, 4) is 0 Å². The monoisotopic (exact) mass is 232 g/mol. The fourth-order valence-corrected chi connectivity index (χ4v) is 6.02. The van der Waals surface area contributed by atoms with Crippen LogP contribution in [-0.4, -0.2) is 13.9 Å². The van der Waals surface area contributed by atoms with Gasteiger partial charge in [-0.25, -0.2) is 0 Å². The predicted molar refractivity (Wildman–Crippen MR) is 70.8 cm³/mol. The predicted octanol–water partition coefficient (Wildman–Crippen LogP) is 3.12. The van der Waals surface area contributed by atoms with Crippen LogP contribution in [0.15, 0.2) is 30.3 Å². The second-order valence-electron chi connectivity index (χ2n) is 5.40. The normalized spacial score (nSPS) is 18.8. The van der Waals surface area contributed by atoms with Crippen molar-refractivity contribution in [2.24, 2.45) is 0 Å². The molecule has 1 aromatic carbocycles. The van der Waals surface area contributed by atoms with Crippen LogP contribution in [-0.2, 0) is 4.79 Å². The van der Waals surface area contributed by atoms with E-state index in [9.17, 15) is 4.79 Å². The highest BCUT2D eigenvalue weighted by atomic mass is 28.3. The SMILES string of the molecule is C[Si](C)(c1ccccc1)C1CCC(=O)CC1. The van der Waals surface area contributed by atoms with E-state index in [1.54, 1.807) is 0 Å². The third kappa shape index (κ3) is 2.27. The smallest absolute Gasteiger partial charge is 0.132 e. The Morgan fingerprint density at radius 2 is 1.62 bits per heavy atom. The number of carbonyl (C=O) groups is 1. The molecule has 1 nitrogen and oxygen atoms in total. The maximum Gasteiger partial charge on any atom is 0.132 e. The second-order valence-corrected chi connectivity index (χ2v) is 10.2. The summed E-state index contributed by atoms with van der Waals surface area (Å²) in [5.74, 6) is 0.467. The minimum atomic E-state index is -1.36. The van der Waals surface area contributed by atoms with Gasteiger partial charge in [0.25, 0.3) is 0 Å². The number of Topliss-reactive ketones (excluding diaryl/α,β-unsaturated/α-hetero) is 1. The number of rotatable bonds is 2. The Balaban J connectivity index is 2.16. The number of hydrogen-bond donors (Lipinski definition) is 0. The van der Waals surface area contributed by atoms with Crippen LogP contribution in [0, 0.1) is 0 Å². The molecule has 1 aliphatic carbocycles. The Morgan fingerprint density at radius 3 is 2.19 bits per heavy atom. The maximum atomic E-state index is 11.3. The molecule has 2 heteroatoms. The highest BCUT2D eigenvalue weighted by molar-refractivity contribution is 6.91. The average molecular weight is 232 g/mol. The average Bonchev–Trinajstić information content (AvgIpc) is 2.31. The molecule has 0 aromatic heterocycles. The second kappa shape index (κ2) is 4.54. The van der Waals surface area contributed by atoms with Gasteiger partial charge in [-0.05, 0) is 18.4 Å². The van der Waals surface area contributed by atoms with E-state index in [2.05, 4.69) is 43.4 Å². The summed E-state index contributed by atoms with van der Waals surface area (Å²) in [5.41, 5.74) is 0.785. The molecule has 2 rings (SSSR count). The lowest BCUT2D eigenvalue weighted by atomic mass is 9.99. The Bertz CT molecular complexity index is 360. The van der Waals surface area contributed by atoms with E-state index in [1.807, 2.05) is 0 Å². The highest BCUT2D eigenvalue weighted by Gasteiger charge is 2.35. The highest BCUT2D eigenvalue weighted by Crippen LogP contribution is 2.35. The molecule has 0 unspecified atom stereocenters. The summed E-state index contributed by atoms with van der Waals surface area (Å²) < 4.78 is 0. The molecule has 0 atom stereocenters. The molecule has 1 aromatic rings. The molecule has 0 bridgehead atoms. The van der Waals surface area contributed by atoms with E-state index in [4.69, 9.17) is 0 Å². The molecule has 0 radical (unpaired) electrons. The van der Waals surface area contributed by atoms with Gasteiger partial charge in [0, 0.05) is 12.8 Å². The van der Waals surface area contributed by atoms with E-state index < -0.39 is 8.07 Å². The van der Waals surface area contributed by atoms with Gasteiger partial charge in [0.15, 0.2) is 0 Å². The topological polar surface area (TPSA) is 17.1 Å². The Labute approximate surface area is 98.9 Å². The van der Waals surface area contributed by atoms with Crippen LogP contribution in [0.4, 0.5) is 0 Å². The van der Waals surface area contributed by atoms with Gasteiger partial charge in [-0.15, -0.1) is 0 Å². The third-order valence-electron chi connectivity index (χ3n) is 4.08. The van der Waals surface area contributed by atoms with Crippen LogP contribution in [0.5, 0.6) is 0 Å². The van der Waals surface area contributed by atoms with Gasteiger partial charge >= 0.3 is 0 Å². The van der Waals surface area contributed by atoms with Crippen molar-refractivity contribution in [3.63, 3.8) is 0 Å². The first-order valence-corrected chi connectivity index (χ1v) is 9.25. The summed E-state index contributed by atoms with van der Waals surface area (Å²) in [5, 5.41) is 1.54. The summed E-state index contributed by atoms with van der Waals surface area (Å²) in [7, 11) is -1.36.